The first-order chi connectivity index (χ1) is 14.2. The largest absolute Gasteiger partial charge is 0.480 e. The molecule has 150 valence electrons. The van der Waals surface area contributed by atoms with Gasteiger partial charge >= 0.3 is 0 Å². The molecule has 1 aromatic heterocycles. The Morgan fingerprint density at radius 1 is 1.03 bits per heavy atom. The van der Waals surface area contributed by atoms with Crippen molar-refractivity contribution in [2.75, 3.05) is 7.11 Å². The third kappa shape index (κ3) is 4.83. The second-order valence-corrected chi connectivity index (χ2v) is 7.37. The number of hydrogen-bond acceptors (Lipinski definition) is 5. The molecule has 2 aromatic carbocycles. The summed E-state index contributed by atoms with van der Waals surface area (Å²) in [5, 5.41) is 5.50. The van der Waals surface area contributed by atoms with Gasteiger partial charge in [0, 0.05) is 6.04 Å². The number of carbonyl (C=O) groups excluding carboxylic acids is 1. The fourth-order valence-corrected chi connectivity index (χ4v) is 3.88. The van der Waals surface area contributed by atoms with Crippen molar-refractivity contribution < 1.29 is 14.3 Å². The molecule has 3 aromatic rings. The predicted octanol–water partition coefficient (Wildman–Crippen LogP) is 3.69. The molecule has 1 aliphatic carbocycles. The highest BCUT2D eigenvalue weighted by atomic mass is 16.5. The van der Waals surface area contributed by atoms with Crippen LogP contribution >= 0.6 is 0 Å². The zero-order valence-corrected chi connectivity index (χ0v) is 16.5. The van der Waals surface area contributed by atoms with Gasteiger partial charge in [-0.1, -0.05) is 42.5 Å². The van der Waals surface area contributed by atoms with Gasteiger partial charge in [-0.05, 0) is 42.0 Å². The molecule has 0 spiro atoms. The number of fused-ring (bicyclic) bond motifs is 1. The molecule has 1 aliphatic rings. The van der Waals surface area contributed by atoms with Crippen LogP contribution in [0.1, 0.15) is 31.2 Å². The Morgan fingerprint density at radius 3 is 2.62 bits per heavy atom. The highest BCUT2D eigenvalue weighted by Gasteiger charge is 2.24. The molecule has 1 fully saturated rings. The molecule has 1 N–H and O–H groups in total. The lowest BCUT2D eigenvalue weighted by Crippen LogP contribution is -2.40. The van der Waals surface area contributed by atoms with Crippen LogP contribution in [0.4, 0.5) is 0 Å². The van der Waals surface area contributed by atoms with Crippen LogP contribution in [0.3, 0.4) is 0 Å². The van der Waals surface area contributed by atoms with E-state index in [-0.39, 0.29) is 18.1 Å². The fourth-order valence-electron chi connectivity index (χ4n) is 3.88. The van der Waals surface area contributed by atoms with Crippen molar-refractivity contribution >= 4 is 16.7 Å². The minimum atomic E-state index is 0.0735. The van der Waals surface area contributed by atoms with Crippen LogP contribution in [0.2, 0.25) is 0 Å². The van der Waals surface area contributed by atoms with Gasteiger partial charge in [0.05, 0.1) is 25.9 Å². The Morgan fingerprint density at radius 2 is 1.79 bits per heavy atom. The summed E-state index contributed by atoms with van der Waals surface area (Å²) < 4.78 is 11.0. The van der Waals surface area contributed by atoms with E-state index in [0.717, 1.165) is 42.0 Å². The van der Waals surface area contributed by atoms with Crippen molar-refractivity contribution in [2.24, 2.45) is 0 Å². The van der Waals surface area contributed by atoms with Crippen LogP contribution in [-0.4, -0.2) is 35.1 Å². The van der Waals surface area contributed by atoms with E-state index in [1.165, 1.54) is 0 Å². The van der Waals surface area contributed by atoms with Crippen molar-refractivity contribution in [3.05, 3.63) is 60.4 Å². The number of nitrogens with one attached hydrogen (secondary N) is 1. The second kappa shape index (κ2) is 8.90. The summed E-state index contributed by atoms with van der Waals surface area (Å²) in [7, 11) is 1.56. The molecular weight excluding hydrogens is 366 g/mol. The third-order valence-electron chi connectivity index (χ3n) is 5.36. The molecule has 0 unspecified atom stereocenters. The molecule has 4 rings (SSSR count). The van der Waals surface area contributed by atoms with Crippen molar-refractivity contribution in [2.45, 2.75) is 44.2 Å². The van der Waals surface area contributed by atoms with Crippen molar-refractivity contribution in [3.8, 4) is 11.8 Å². The average Bonchev–Trinajstić information content (AvgIpc) is 2.75. The zero-order valence-electron chi connectivity index (χ0n) is 16.5. The lowest BCUT2D eigenvalue weighted by atomic mass is 9.92. The van der Waals surface area contributed by atoms with E-state index in [0.29, 0.717) is 18.2 Å². The van der Waals surface area contributed by atoms with Crippen LogP contribution in [0.15, 0.2) is 54.9 Å². The maximum atomic E-state index is 12.6. The number of carbonyl (C=O) groups is 1. The molecule has 1 heterocycles. The summed E-state index contributed by atoms with van der Waals surface area (Å²) in [6.07, 6.45) is 7.17. The van der Waals surface area contributed by atoms with Crippen LogP contribution in [0.25, 0.3) is 10.8 Å². The van der Waals surface area contributed by atoms with Crippen LogP contribution in [0, 0.1) is 0 Å². The number of aromatic nitrogens is 2. The molecule has 29 heavy (non-hydrogen) atoms. The molecule has 6 nitrogen and oxygen atoms in total. The van der Waals surface area contributed by atoms with E-state index in [2.05, 4.69) is 33.5 Å². The fraction of sp³-hybridized carbons (Fsp3) is 0.348. The van der Waals surface area contributed by atoms with Gasteiger partial charge in [0.1, 0.15) is 6.10 Å². The van der Waals surface area contributed by atoms with Crippen molar-refractivity contribution in [1.29, 1.82) is 0 Å². The molecule has 0 aliphatic heterocycles. The number of hydrogen-bond donors (Lipinski definition) is 1. The van der Waals surface area contributed by atoms with Crippen molar-refractivity contribution in [1.82, 2.24) is 15.3 Å². The summed E-state index contributed by atoms with van der Waals surface area (Å²) in [5.74, 6) is 0.995. The topological polar surface area (TPSA) is 73.3 Å². The second-order valence-electron chi connectivity index (χ2n) is 7.37. The summed E-state index contributed by atoms with van der Waals surface area (Å²) >= 11 is 0. The van der Waals surface area contributed by atoms with E-state index in [1.807, 2.05) is 24.3 Å². The Bertz CT molecular complexity index is 979. The Labute approximate surface area is 170 Å². The highest BCUT2D eigenvalue weighted by Crippen LogP contribution is 2.24. The molecule has 6 heteroatoms. The molecule has 1 saturated carbocycles. The van der Waals surface area contributed by atoms with Gasteiger partial charge in [0.2, 0.25) is 17.7 Å². The quantitative estimate of drug-likeness (QED) is 0.694. The van der Waals surface area contributed by atoms with Gasteiger partial charge in [0.25, 0.3) is 0 Å². The Balaban J connectivity index is 1.28. The zero-order chi connectivity index (χ0) is 20.1. The summed E-state index contributed by atoms with van der Waals surface area (Å²) in [6, 6.07) is 14.5. The van der Waals surface area contributed by atoms with Gasteiger partial charge in [-0.3, -0.25) is 9.78 Å². The van der Waals surface area contributed by atoms with E-state index in [4.69, 9.17) is 9.47 Å². The predicted molar refractivity (Wildman–Crippen MR) is 111 cm³/mol. The molecule has 0 bridgehead atoms. The first-order valence-electron chi connectivity index (χ1n) is 10.00. The Kier molecular flexibility index (Phi) is 5.89. The van der Waals surface area contributed by atoms with E-state index in [1.54, 1.807) is 19.5 Å². The van der Waals surface area contributed by atoms with Crippen LogP contribution in [-0.2, 0) is 11.2 Å². The minimum Gasteiger partial charge on any atom is -0.480 e. The number of benzene rings is 2. The first-order valence-corrected chi connectivity index (χ1v) is 10.00. The van der Waals surface area contributed by atoms with Gasteiger partial charge in [0.15, 0.2) is 0 Å². The standard InChI is InChI=1S/C23H25N3O3/c1-28-22-14-24-15-23(26-22)29-19-11-9-18(10-12-19)25-21(27)13-17-7-4-6-16-5-2-3-8-20(16)17/h2-8,14-15,18-19H,9-13H2,1H3,(H,25,27). The van der Waals surface area contributed by atoms with E-state index in [9.17, 15) is 4.79 Å². The SMILES string of the molecule is COc1cncc(OC2CCC(NC(=O)Cc3cccc4ccccc34)CC2)n1. The van der Waals surface area contributed by atoms with E-state index >= 15 is 0 Å². The monoisotopic (exact) mass is 391 g/mol. The number of ether oxygens (including phenoxy) is 2. The molecule has 0 saturated heterocycles. The maximum Gasteiger partial charge on any atom is 0.235 e. The lowest BCUT2D eigenvalue weighted by Gasteiger charge is -2.29. The number of methoxy groups -OCH3 is 1. The van der Waals surface area contributed by atoms with Gasteiger partial charge in [-0.15, -0.1) is 0 Å². The van der Waals surface area contributed by atoms with Crippen LogP contribution < -0.4 is 14.8 Å². The highest BCUT2D eigenvalue weighted by molar-refractivity contribution is 5.90. The number of nitrogens with zero attached hydrogens (tertiary/aromatic N) is 2. The first kappa shape index (κ1) is 19.2. The van der Waals surface area contributed by atoms with Gasteiger partial charge < -0.3 is 14.8 Å². The smallest absolute Gasteiger partial charge is 0.235 e. The number of amides is 1. The molecule has 1 amide bonds. The van der Waals surface area contributed by atoms with Crippen LogP contribution in [0.5, 0.6) is 11.8 Å². The summed E-state index contributed by atoms with van der Waals surface area (Å²) in [5.41, 5.74) is 1.06. The normalized spacial score (nSPS) is 18.9. The minimum absolute atomic E-state index is 0.0735. The summed E-state index contributed by atoms with van der Waals surface area (Å²) in [4.78, 5) is 20.9. The molecule has 0 atom stereocenters. The van der Waals surface area contributed by atoms with Gasteiger partial charge in [-0.2, -0.15) is 4.98 Å². The molecular formula is C23H25N3O3. The summed E-state index contributed by atoms with van der Waals surface area (Å²) in [6.45, 7) is 0. The average molecular weight is 391 g/mol. The molecule has 0 radical (unpaired) electrons. The Hall–Kier alpha value is -3.15. The van der Waals surface area contributed by atoms with Crippen molar-refractivity contribution in [3.63, 3.8) is 0 Å². The van der Waals surface area contributed by atoms with Gasteiger partial charge in [-0.25, -0.2) is 0 Å². The lowest BCUT2D eigenvalue weighted by molar-refractivity contribution is -0.121. The maximum absolute atomic E-state index is 12.6. The third-order valence-corrected chi connectivity index (χ3v) is 5.36. The number of rotatable bonds is 6. The van der Waals surface area contributed by atoms with E-state index < -0.39 is 0 Å².